The van der Waals surface area contributed by atoms with Gasteiger partial charge in [-0.25, -0.2) is 9.59 Å². The van der Waals surface area contributed by atoms with E-state index < -0.39 is 11.9 Å². The molecule has 0 radical (unpaired) electrons. The van der Waals surface area contributed by atoms with E-state index in [4.69, 9.17) is 42.6 Å². The number of hydrogen-bond donors (Lipinski definition) is 0. The van der Waals surface area contributed by atoms with Gasteiger partial charge >= 0.3 is 11.9 Å². The van der Waals surface area contributed by atoms with E-state index in [1.807, 2.05) is 18.2 Å². The highest BCUT2D eigenvalue weighted by Gasteiger charge is 2.40. The van der Waals surface area contributed by atoms with E-state index in [9.17, 15) is 9.59 Å². The molecule has 0 aromatic heterocycles. The fourth-order valence-corrected chi connectivity index (χ4v) is 8.70. The smallest absolute Gasteiger partial charge is 0.331 e. The Morgan fingerprint density at radius 3 is 1.95 bits per heavy atom. The topological polar surface area (TPSA) is 117 Å². The third-order valence-corrected chi connectivity index (χ3v) is 11.7. The molecule has 0 amide bonds. The summed E-state index contributed by atoms with van der Waals surface area (Å²) in [6.07, 6.45) is 7.56. The summed E-state index contributed by atoms with van der Waals surface area (Å²) in [7, 11) is 10.4. The molecule has 13 nitrogen and oxygen atoms in total. The largest absolute Gasteiger partial charge is 0.493 e. The van der Waals surface area contributed by atoms with Gasteiger partial charge in [0, 0.05) is 61.8 Å². The van der Waals surface area contributed by atoms with Crippen LogP contribution in [0.4, 0.5) is 0 Å². The van der Waals surface area contributed by atoms with E-state index in [-0.39, 0.29) is 26.0 Å². The first kappa shape index (κ1) is 41.5. The average Bonchev–Trinajstić information content (AvgIpc) is 3.90. The van der Waals surface area contributed by atoms with E-state index in [1.165, 1.54) is 29.5 Å². The Morgan fingerprint density at radius 2 is 1.32 bits per heavy atom. The number of ether oxygens (including phenoxy) is 9. The maximum Gasteiger partial charge on any atom is 0.331 e. The number of methoxy groups -OCH3 is 5. The van der Waals surface area contributed by atoms with Crippen LogP contribution in [0.3, 0.4) is 0 Å². The standard InChI is InChI=1S/C44H58N2O11/c1-45(20-15-33-27-37(49-2)38(50-3)28-34(33)35(45)23-32-25-40(51-4)44(53-6)41(26-32)52-5)16-9-21-54-42(47)13-14-43(48)55-22-10-19-46(17-7-8-18-46)29-31-11-12-36-39(24-31)57-30-56-36/h11-14,24-28,35H,7-10,15-23,29-30H2,1-6H3/q+2. The molecule has 2 unspecified atom stereocenters. The van der Waals surface area contributed by atoms with Crippen LogP contribution in [0.25, 0.3) is 0 Å². The average molecular weight is 791 g/mol. The summed E-state index contributed by atoms with van der Waals surface area (Å²) in [5.41, 5.74) is 4.63. The Labute approximate surface area is 336 Å². The number of hydrogen-bond acceptors (Lipinski definition) is 11. The molecule has 3 heterocycles. The molecule has 2 atom stereocenters. The van der Waals surface area contributed by atoms with Crippen molar-refractivity contribution in [2.75, 3.05) is 95.3 Å². The molecular formula is C44H58N2O11+2. The Morgan fingerprint density at radius 1 is 0.702 bits per heavy atom. The number of benzene rings is 3. The third-order valence-electron chi connectivity index (χ3n) is 11.7. The van der Waals surface area contributed by atoms with Crippen LogP contribution in [0, 0.1) is 0 Å². The summed E-state index contributed by atoms with van der Waals surface area (Å²) in [6.45, 7) is 6.38. The zero-order valence-corrected chi connectivity index (χ0v) is 34.3. The Bertz CT molecular complexity index is 1880. The molecule has 0 saturated carbocycles. The molecular weight excluding hydrogens is 732 g/mol. The molecule has 13 heteroatoms. The van der Waals surface area contributed by atoms with Gasteiger partial charge in [-0.15, -0.1) is 0 Å². The lowest BCUT2D eigenvalue weighted by Gasteiger charge is -2.46. The van der Waals surface area contributed by atoms with Crippen LogP contribution in [-0.4, -0.2) is 116 Å². The monoisotopic (exact) mass is 790 g/mol. The van der Waals surface area contributed by atoms with Crippen molar-refractivity contribution in [3.8, 4) is 40.2 Å². The molecule has 3 aliphatic rings. The van der Waals surface area contributed by atoms with Crippen molar-refractivity contribution >= 4 is 11.9 Å². The quantitative estimate of drug-likeness (QED) is 0.0619. The minimum absolute atomic E-state index is 0.0350. The van der Waals surface area contributed by atoms with Crippen LogP contribution >= 0.6 is 0 Å². The first-order valence-electron chi connectivity index (χ1n) is 19.8. The number of carbonyl (C=O) groups excluding carboxylic acids is 2. The predicted octanol–water partition coefficient (Wildman–Crippen LogP) is 5.98. The maximum absolute atomic E-state index is 12.6. The number of fused-ring (bicyclic) bond motifs is 2. The van der Waals surface area contributed by atoms with Gasteiger partial charge in [0.05, 0.1) is 88.5 Å². The second-order valence-corrected chi connectivity index (χ2v) is 15.3. The molecule has 308 valence electrons. The van der Waals surface area contributed by atoms with Crippen molar-refractivity contribution in [2.45, 2.75) is 51.1 Å². The number of esters is 2. The van der Waals surface area contributed by atoms with Gasteiger partial charge in [-0.3, -0.25) is 0 Å². The van der Waals surface area contributed by atoms with Crippen LogP contribution in [0.2, 0.25) is 0 Å². The zero-order valence-electron chi connectivity index (χ0n) is 34.3. The lowest BCUT2D eigenvalue weighted by Crippen LogP contribution is -2.52. The van der Waals surface area contributed by atoms with Crippen molar-refractivity contribution in [1.29, 1.82) is 0 Å². The summed E-state index contributed by atoms with van der Waals surface area (Å²) in [5.74, 6) is 3.57. The number of quaternary nitrogens is 2. The molecule has 6 rings (SSSR count). The van der Waals surface area contributed by atoms with Gasteiger partial charge in [-0.05, 0) is 53.6 Å². The van der Waals surface area contributed by atoms with Gasteiger partial charge in [0.25, 0.3) is 0 Å². The fourth-order valence-electron chi connectivity index (χ4n) is 8.70. The molecule has 0 spiro atoms. The number of likely N-dealkylation sites (N-methyl/N-ethyl adjacent to an activating group) is 1. The summed E-state index contributed by atoms with van der Waals surface area (Å²) in [4.78, 5) is 25.1. The normalized spacial score (nSPS) is 19.2. The molecule has 3 aromatic carbocycles. The highest BCUT2D eigenvalue weighted by molar-refractivity contribution is 5.91. The molecule has 3 aliphatic heterocycles. The lowest BCUT2D eigenvalue weighted by molar-refractivity contribution is -0.941. The van der Waals surface area contributed by atoms with Crippen LogP contribution in [0.1, 0.15) is 54.0 Å². The molecule has 57 heavy (non-hydrogen) atoms. The van der Waals surface area contributed by atoms with E-state index in [2.05, 4.69) is 31.3 Å². The van der Waals surface area contributed by atoms with Crippen molar-refractivity contribution < 1.29 is 61.2 Å². The van der Waals surface area contributed by atoms with Gasteiger partial charge in [0.2, 0.25) is 12.5 Å². The summed E-state index contributed by atoms with van der Waals surface area (Å²) in [5, 5.41) is 0. The second-order valence-electron chi connectivity index (χ2n) is 15.3. The summed E-state index contributed by atoms with van der Waals surface area (Å²) in [6, 6.07) is 14.3. The number of rotatable bonds is 19. The molecule has 3 aromatic rings. The number of nitrogens with zero attached hydrogens (tertiary/aromatic N) is 2. The molecule has 0 aliphatic carbocycles. The van der Waals surface area contributed by atoms with Crippen molar-refractivity contribution in [1.82, 2.24) is 0 Å². The molecule has 1 fully saturated rings. The van der Waals surface area contributed by atoms with Crippen molar-refractivity contribution in [3.05, 3.63) is 76.9 Å². The fraction of sp³-hybridized carbons (Fsp3) is 0.500. The van der Waals surface area contributed by atoms with Crippen LogP contribution in [0.5, 0.6) is 40.2 Å². The summed E-state index contributed by atoms with van der Waals surface area (Å²) >= 11 is 0. The second kappa shape index (κ2) is 18.9. The highest BCUT2D eigenvalue weighted by Crippen LogP contribution is 2.45. The SMILES string of the molecule is COc1cc2c(cc1OC)C(Cc1cc(OC)c(OC)c(OC)c1)[N+](C)(CCCOC(=O)C=CC(=O)OCCC[N+]1(Cc3ccc4c(c3)OCO4)CCCC1)CC2. The summed E-state index contributed by atoms with van der Waals surface area (Å²) < 4.78 is 52.0. The van der Waals surface area contributed by atoms with Gasteiger partial charge in [-0.2, -0.15) is 0 Å². The maximum atomic E-state index is 12.6. The van der Waals surface area contributed by atoms with Gasteiger partial charge in [-0.1, -0.05) is 0 Å². The molecule has 0 bridgehead atoms. The zero-order chi connectivity index (χ0) is 40.4. The van der Waals surface area contributed by atoms with Crippen molar-refractivity contribution in [3.63, 3.8) is 0 Å². The third kappa shape index (κ3) is 9.88. The number of carbonyl (C=O) groups is 2. The van der Waals surface area contributed by atoms with Crippen LogP contribution in [0.15, 0.2) is 54.6 Å². The Hall–Kier alpha value is -5.14. The lowest BCUT2D eigenvalue weighted by atomic mass is 9.86. The molecule has 0 N–H and O–H groups in total. The minimum Gasteiger partial charge on any atom is -0.493 e. The van der Waals surface area contributed by atoms with Gasteiger partial charge in [0.1, 0.15) is 12.6 Å². The van der Waals surface area contributed by atoms with Gasteiger partial charge in [0.15, 0.2) is 34.5 Å². The van der Waals surface area contributed by atoms with E-state index in [0.29, 0.717) is 46.1 Å². The van der Waals surface area contributed by atoms with Crippen molar-refractivity contribution in [2.24, 2.45) is 0 Å². The van der Waals surface area contributed by atoms with E-state index in [0.717, 1.165) is 85.8 Å². The Kier molecular flexibility index (Phi) is 13.7. The van der Waals surface area contributed by atoms with Crippen LogP contribution in [-0.2, 0) is 38.4 Å². The molecule has 1 saturated heterocycles. The predicted molar refractivity (Wildman–Crippen MR) is 212 cm³/mol. The van der Waals surface area contributed by atoms with E-state index in [1.54, 1.807) is 35.5 Å². The minimum atomic E-state index is -0.574. The van der Waals surface area contributed by atoms with Gasteiger partial charge < -0.3 is 51.6 Å². The highest BCUT2D eigenvalue weighted by atomic mass is 16.7. The first-order chi connectivity index (χ1) is 27.6. The number of likely N-dealkylation sites (tertiary alicyclic amines) is 1. The first-order valence-corrected chi connectivity index (χ1v) is 19.8. The Balaban J connectivity index is 1.01. The van der Waals surface area contributed by atoms with Crippen LogP contribution < -0.4 is 33.2 Å². The van der Waals surface area contributed by atoms with E-state index >= 15 is 0 Å².